The van der Waals surface area contributed by atoms with Crippen LogP contribution in [0.3, 0.4) is 0 Å². The minimum Gasteiger partial charge on any atom is -0.756 e. The first-order valence-corrected chi connectivity index (χ1v) is 37.5. The smallest absolute Gasteiger partial charge is 0.268 e. The van der Waals surface area contributed by atoms with Crippen LogP contribution in [-0.4, -0.2) is 68.5 Å². The SMILES string of the molecule is CCCCCCCCCCCCCCCCCCCCCCCCCCCCCCCC/C=C/C(O)C(COP(=O)([O-])OCC[N+](C)(C)C)NC(=O)CCCCCCCCCCCCCCCCCCCCCCCCCCCC. The predicted octanol–water partition coefficient (Wildman–Crippen LogP) is 22.3. The van der Waals surface area contributed by atoms with Gasteiger partial charge in [-0.3, -0.25) is 9.36 Å². The number of rotatable bonds is 68. The number of carbonyl (C=O) groups is 1. The molecular formula is C71H143N2O6P. The minimum atomic E-state index is -4.60. The topological polar surface area (TPSA) is 108 Å². The van der Waals surface area contributed by atoms with Crippen molar-refractivity contribution in [3.05, 3.63) is 12.2 Å². The first kappa shape index (κ1) is 79.2. The maximum atomic E-state index is 13.0. The monoisotopic (exact) mass is 1150 g/mol. The Labute approximate surface area is 501 Å². The van der Waals surface area contributed by atoms with E-state index < -0.39 is 20.0 Å². The molecule has 0 spiro atoms. The number of quaternary nitrogens is 1. The van der Waals surface area contributed by atoms with Crippen LogP contribution in [0.25, 0.3) is 0 Å². The van der Waals surface area contributed by atoms with E-state index in [1.165, 1.54) is 327 Å². The highest BCUT2D eigenvalue weighted by Gasteiger charge is 2.23. The molecule has 80 heavy (non-hydrogen) atoms. The molecule has 0 rings (SSSR count). The second kappa shape index (κ2) is 62.8. The molecule has 3 unspecified atom stereocenters. The molecule has 0 aromatic carbocycles. The molecule has 0 saturated heterocycles. The second-order valence-corrected chi connectivity index (χ2v) is 27.7. The fourth-order valence-corrected chi connectivity index (χ4v) is 12.1. The van der Waals surface area contributed by atoms with Gasteiger partial charge in [0.2, 0.25) is 5.91 Å². The largest absolute Gasteiger partial charge is 0.756 e. The van der Waals surface area contributed by atoms with Crippen molar-refractivity contribution in [1.82, 2.24) is 5.32 Å². The summed E-state index contributed by atoms with van der Waals surface area (Å²) in [5, 5.41) is 14.0. The molecule has 1 amide bonds. The Balaban J connectivity index is 4.01. The molecule has 8 nitrogen and oxygen atoms in total. The van der Waals surface area contributed by atoms with Gasteiger partial charge in [0.1, 0.15) is 13.2 Å². The summed E-state index contributed by atoms with van der Waals surface area (Å²) in [7, 11) is 1.29. The Morgan fingerprint density at radius 2 is 0.675 bits per heavy atom. The highest BCUT2D eigenvalue weighted by molar-refractivity contribution is 7.45. The van der Waals surface area contributed by atoms with Gasteiger partial charge in [-0.15, -0.1) is 0 Å². The molecule has 0 bridgehead atoms. The van der Waals surface area contributed by atoms with Crippen molar-refractivity contribution < 1.29 is 32.9 Å². The van der Waals surface area contributed by atoms with Crippen LogP contribution in [0.2, 0.25) is 0 Å². The highest BCUT2D eigenvalue weighted by Crippen LogP contribution is 2.38. The molecular weight excluding hydrogens is 1010 g/mol. The summed E-state index contributed by atoms with van der Waals surface area (Å²) in [4.78, 5) is 25.6. The third-order valence-corrected chi connectivity index (χ3v) is 18.0. The molecule has 0 aromatic rings. The third-order valence-electron chi connectivity index (χ3n) is 17.0. The van der Waals surface area contributed by atoms with E-state index in [1.54, 1.807) is 6.08 Å². The Morgan fingerprint density at radius 1 is 0.425 bits per heavy atom. The number of phosphoric ester groups is 1. The Bertz CT molecular complexity index is 1310. The fourth-order valence-electron chi connectivity index (χ4n) is 11.4. The van der Waals surface area contributed by atoms with Crippen molar-refractivity contribution in [3.8, 4) is 0 Å². The number of likely N-dealkylation sites (N-methyl/N-ethyl adjacent to an activating group) is 1. The average molecular weight is 1150 g/mol. The molecule has 0 aromatic heterocycles. The molecule has 0 aliphatic heterocycles. The number of nitrogens with one attached hydrogen (secondary N) is 1. The lowest BCUT2D eigenvalue weighted by Gasteiger charge is -2.29. The number of amides is 1. The van der Waals surface area contributed by atoms with Crippen molar-refractivity contribution in [1.29, 1.82) is 0 Å². The first-order valence-electron chi connectivity index (χ1n) is 36.1. The molecule has 0 aliphatic rings. The molecule has 2 N–H and O–H groups in total. The molecule has 0 heterocycles. The van der Waals surface area contributed by atoms with E-state index in [0.717, 1.165) is 38.5 Å². The van der Waals surface area contributed by atoms with Crippen LogP contribution in [0.15, 0.2) is 12.2 Å². The lowest BCUT2D eigenvalue weighted by Crippen LogP contribution is -2.45. The Hall–Kier alpha value is -0.760. The van der Waals surface area contributed by atoms with Gasteiger partial charge in [-0.25, -0.2) is 0 Å². The molecule has 3 atom stereocenters. The number of phosphoric acid groups is 1. The van der Waals surface area contributed by atoms with Gasteiger partial charge in [0.05, 0.1) is 39.9 Å². The van der Waals surface area contributed by atoms with E-state index in [2.05, 4.69) is 19.2 Å². The van der Waals surface area contributed by atoms with Crippen molar-refractivity contribution >= 4 is 13.7 Å². The summed E-state index contributed by atoms with van der Waals surface area (Å²) < 4.78 is 23.5. The quantitative estimate of drug-likeness (QED) is 0.0272. The average Bonchev–Trinajstić information content (AvgIpc) is 3.42. The van der Waals surface area contributed by atoms with E-state index in [1.807, 2.05) is 27.2 Å². The van der Waals surface area contributed by atoms with Gasteiger partial charge in [-0.2, -0.15) is 0 Å². The summed E-state index contributed by atoms with van der Waals surface area (Å²) in [6.45, 7) is 4.73. The number of hydrogen-bond donors (Lipinski definition) is 2. The summed E-state index contributed by atoms with van der Waals surface area (Å²) in [6.07, 6.45) is 80.6. The van der Waals surface area contributed by atoms with Crippen LogP contribution in [-0.2, 0) is 18.4 Å². The summed E-state index contributed by atoms with van der Waals surface area (Å²) in [5.41, 5.74) is 0. The Kier molecular flexibility index (Phi) is 62.2. The lowest BCUT2D eigenvalue weighted by atomic mass is 10.0. The number of carbonyl (C=O) groups excluding carboxylic acids is 1. The second-order valence-electron chi connectivity index (χ2n) is 26.3. The van der Waals surface area contributed by atoms with Crippen molar-refractivity contribution in [2.24, 2.45) is 0 Å². The fraction of sp³-hybridized carbons (Fsp3) is 0.958. The molecule has 0 saturated carbocycles. The number of hydrogen-bond acceptors (Lipinski definition) is 6. The van der Waals surface area contributed by atoms with Crippen LogP contribution in [0.4, 0.5) is 0 Å². The molecule has 478 valence electrons. The number of nitrogens with zero attached hydrogens (tertiary/aromatic N) is 1. The van der Waals surface area contributed by atoms with Crippen molar-refractivity contribution in [3.63, 3.8) is 0 Å². The highest BCUT2D eigenvalue weighted by atomic mass is 31.2. The molecule has 0 fully saturated rings. The summed E-state index contributed by atoms with van der Waals surface area (Å²) >= 11 is 0. The van der Waals surface area contributed by atoms with Crippen LogP contribution in [0.1, 0.15) is 386 Å². The number of allylic oxidation sites excluding steroid dienone is 1. The zero-order valence-electron chi connectivity index (χ0n) is 54.8. The zero-order chi connectivity index (χ0) is 58.4. The number of unbranched alkanes of at least 4 members (excludes halogenated alkanes) is 55. The summed E-state index contributed by atoms with van der Waals surface area (Å²) in [6, 6.07) is -0.884. The molecule has 0 aliphatic carbocycles. The van der Waals surface area contributed by atoms with Crippen molar-refractivity contribution in [2.45, 2.75) is 398 Å². The van der Waals surface area contributed by atoms with Crippen LogP contribution < -0.4 is 10.2 Å². The van der Waals surface area contributed by atoms with Crippen LogP contribution in [0, 0.1) is 0 Å². The van der Waals surface area contributed by atoms with Crippen molar-refractivity contribution in [2.75, 3.05) is 40.9 Å². The van der Waals surface area contributed by atoms with E-state index in [0.29, 0.717) is 17.4 Å². The maximum absolute atomic E-state index is 13.0. The van der Waals surface area contributed by atoms with E-state index >= 15 is 0 Å². The molecule has 0 radical (unpaired) electrons. The van der Waals surface area contributed by atoms with Gasteiger partial charge in [0.25, 0.3) is 7.82 Å². The predicted molar refractivity (Wildman–Crippen MR) is 349 cm³/mol. The Morgan fingerprint density at radius 3 is 0.938 bits per heavy atom. The number of aliphatic hydroxyl groups excluding tert-OH is 1. The lowest BCUT2D eigenvalue weighted by molar-refractivity contribution is -0.870. The summed E-state index contributed by atoms with van der Waals surface area (Å²) in [5.74, 6) is -0.187. The van der Waals surface area contributed by atoms with Gasteiger partial charge in [0, 0.05) is 6.42 Å². The van der Waals surface area contributed by atoms with Gasteiger partial charge in [0.15, 0.2) is 0 Å². The first-order chi connectivity index (χ1) is 39.0. The van der Waals surface area contributed by atoms with Crippen LogP contribution in [0.5, 0.6) is 0 Å². The number of aliphatic hydroxyl groups is 1. The zero-order valence-corrected chi connectivity index (χ0v) is 55.7. The van der Waals surface area contributed by atoms with E-state index in [4.69, 9.17) is 9.05 Å². The van der Waals surface area contributed by atoms with Gasteiger partial charge < -0.3 is 28.8 Å². The van der Waals surface area contributed by atoms with Crippen LogP contribution >= 0.6 is 7.82 Å². The minimum absolute atomic E-state index is 0.00305. The maximum Gasteiger partial charge on any atom is 0.268 e. The normalized spacial score (nSPS) is 13.6. The third kappa shape index (κ3) is 64.8. The van der Waals surface area contributed by atoms with Gasteiger partial charge >= 0.3 is 0 Å². The van der Waals surface area contributed by atoms with E-state index in [-0.39, 0.29) is 19.1 Å². The van der Waals surface area contributed by atoms with Gasteiger partial charge in [-0.1, -0.05) is 373 Å². The van der Waals surface area contributed by atoms with E-state index in [9.17, 15) is 19.4 Å². The molecule has 9 heteroatoms. The van der Waals surface area contributed by atoms with Gasteiger partial charge in [-0.05, 0) is 19.3 Å². The standard InChI is InChI=1S/C71H143N2O6P/c1-6-8-10-12-14-16-18-20-22-24-26-28-30-32-34-35-36-37-38-39-40-42-44-46-48-50-52-54-56-58-60-62-64-70(74)69(68-79-80(76,77)78-67-66-73(3,4)5)72-71(75)65-63-61-59-57-55-53-51-49-47-45-43-41-33-31-29-27-25-23-21-19-17-15-13-11-9-7-2/h62,64,69-70,74H,6-61,63,65-68H2,1-5H3,(H-,72,75,76,77)/b64-62+.